The molecule has 0 saturated carbocycles. The average molecular weight is 221 g/mol. The van der Waals surface area contributed by atoms with Crippen LogP contribution in [0.2, 0.25) is 0 Å². The molecule has 2 heteroatoms. The summed E-state index contributed by atoms with van der Waals surface area (Å²) in [5, 5.41) is 3.36. The largest absolute Gasteiger partial charge is 0.492 e. The Bertz CT molecular complexity index is 321. The minimum atomic E-state index is 0.695. The van der Waals surface area contributed by atoms with E-state index in [9.17, 15) is 0 Å². The molecule has 1 rings (SSSR count). The molecular weight excluding hydrogens is 198 g/mol. The molecular formula is C14H23NO. The van der Waals surface area contributed by atoms with Crippen LogP contribution in [-0.4, -0.2) is 19.7 Å². The first-order valence-electron chi connectivity index (χ1n) is 6.00. The lowest BCUT2D eigenvalue weighted by Gasteiger charge is -2.11. The van der Waals surface area contributed by atoms with Gasteiger partial charge in [-0.25, -0.2) is 0 Å². The van der Waals surface area contributed by atoms with Crippen molar-refractivity contribution in [1.29, 1.82) is 0 Å². The second kappa shape index (κ2) is 6.54. The van der Waals surface area contributed by atoms with E-state index >= 15 is 0 Å². The van der Waals surface area contributed by atoms with E-state index in [1.54, 1.807) is 0 Å². The summed E-state index contributed by atoms with van der Waals surface area (Å²) in [5.41, 5.74) is 2.49. The quantitative estimate of drug-likeness (QED) is 0.746. The number of nitrogens with one attached hydrogen (secondary N) is 1. The minimum Gasteiger partial charge on any atom is -0.492 e. The summed E-state index contributed by atoms with van der Waals surface area (Å²) in [4.78, 5) is 0. The van der Waals surface area contributed by atoms with E-state index in [1.165, 1.54) is 11.1 Å². The number of hydrogen-bond donors (Lipinski definition) is 1. The molecule has 16 heavy (non-hydrogen) atoms. The van der Waals surface area contributed by atoms with Gasteiger partial charge in [0.05, 0.1) is 0 Å². The zero-order valence-electron chi connectivity index (χ0n) is 10.8. The summed E-state index contributed by atoms with van der Waals surface area (Å²) < 4.78 is 5.71. The fraction of sp³-hybridized carbons (Fsp3) is 0.571. The summed E-state index contributed by atoms with van der Waals surface area (Å²) >= 11 is 0. The standard InChI is InChI=1S/C14H23NO/c1-11(2)10-15-7-8-16-14-6-5-12(3)9-13(14)4/h5-6,9,11,15H,7-8,10H2,1-4H3. The highest BCUT2D eigenvalue weighted by Crippen LogP contribution is 2.18. The van der Waals surface area contributed by atoms with E-state index in [4.69, 9.17) is 4.74 Å². The molecule has 0 heterocycles. The van der Waals surface area contributed by atoms with Gasteiger partial charge in [-0.05, 0) is 37.9 Å². The minimum absolute atomic E-state index is 0.695. The van der Waals surface area contributed by atoms with Crippen LogP contribution in [0.4, 0.5) is 0 Å². The van der Waals surface area contributed by atoms with Gasteiger partial charge in [-0.2, -0.15) is 0 Å². The zero-order valence-corrected chi connectivity index (χ0v) is 10.8. The van der Waals surface area contributed by atoms with Crippen LogP contribution in [-0.2, 0) is 0 Å². The van der Waals surface area contributed by atoms with Gasteiger partial charge in [0, 0.05) is 6.54 Å². The lowest BCUT2D eigenvalue weighted by Crippen LogP contribution is -2.25. The third-order valence-electron chi connectivity index (χ3n) is 2.42. The Labute approximate surface area is 99.0 Å². The van der Waals surface area contributed by atoms with Crippen molar-refractivity contribution in [2.24, 2.45) is 5.92 Å². The highest BCUT2D eigenvalue weighted by Gasteiger charge is 1.99. The molecule has 0 aliphatic heterocycles. The van der Waals surface area contributed by atoms with Crippen molar-refractivity contribution in [2.75, 3.05) is 19.7 Å². The van der Waals surface area contributed by atoms with E-state index in [0.29, 0.717) is 5.92 Å². The van der Waals surface area contributed by atoms with Crippen LogP contribution < -0.4 is 10.1 Å². The van der Waals surface area contributed by atoms with Crippen molar-refractivity contribution in [3.63, 3.8) is 0 Å². The van der Waals surface area contributed by atoms with Gasteiger partial charge >= 0.3 is 0 Å². The van der Waals surface area contributed by atoms with Crippen molar-refractivity contribution >= 4 is 0 Å². The third kappa shape index (κ3) is 4.67. The maximum Gasteiger partial charge on any atom is 0.122 e. The smallest absolute Gasteiger partial charge is 0.122 e. The molecule has 0 saturated heterocycles. The molecule has 1 aromatic rings. The highest BCUT2D eigenvalue weighted by molar-refractivity contribution is 5.35. The molecule has 0 spiro atoms. The summed E-state index contributed by atoms with van der Waals surface area (Å²) in [6.07, 6.45) is 0. The van der Waals surface area contributed by atoms with E-state index in [2.05, 4.69) is 45.1 Å². The molecule has 0 fully saturated rings. The molecule has 1 aromatic carbocycles. The van der Waals surface area contributed by atoms with Crippen molar-refractivity contribution in [3.8, 4) is 5.75 Å². The van der Waals surface area contributed by atoms with E-state index in [1.807, 2.05) is 6.07 Å². The van der Waals surface area contributed by atoms with Crippen LogP contribution >= 0.6 is 0 Å². The van der Waals surface area contributed by atoms with Crippen LogP contribution in [0.25, 0.3) is 0 Å². The maximum absolute atomic E-state index is 5.71. The molecule has 0 amide bonds. The molecule has 0 atom stereocenters. The van der Waals surface area contributed by atoms with Crippen LogP contribution in [0.3, 0.4) is 0 Å². The molecule has 0 aromatic heterocycles. The number of aryl methyl sites for hydroxylation is 2. The third-order valence-corrected chi connectivity index (χ3v) is 2.42. The van der Waals surface area contributed by atoms with Gasteiger partial charge in [0.25, 0.3) is 0 Å². The Morgan fingerprint density at radius 3 is 2.62 bits per heavy atom. The number of hydrogen-bond acceptors (Lipinski definition) is 2. The van der Waals surface area contributed by atoms with E-state index < -0.39 is 0 Å². The first-order chi connectivity index (χ1) is 7.59. The van der Waals surface area contributed by atoms with E-state index in [0.717, 1.165) is 25.4 Å². The summed E-state index contributed by atoms with van der Waals surface area (Å²) in [5.74, 6) is 1.69. The lowest BCUT2D eigenvalue weighted by molar-refractivity contribution is 0.309. The SMILES string of the molecule is Cc1ccc(OCCNCC(C)C)c(C)c1. The van der Waals surface area contributed by atoms with Gasteiger partial charge in [-0.3, -0.25) is 0 Å². The van der Waals surface area contributed by atoms with Crippen molar-refractivity contribution in [1.82, 2.24) is 5.32 Å². The topological polar surface area (TPSA) is 21.3 Å². The van der Waals surface area contributed by atoms with Gasteiger partial charge in [-0.15, -0.1) is 0 Å². The predicted molar refractivity (Wildman–Crippen MR) is 69.1 cm³/mol. The number of rotatable bonds is 6. The Morgan fingerprint density at radius 1 is 1.25 bits per heavy atom. The maximum atomic E-state index is 5.71. The first kappa shape index (κ1) is 13.0. The monoisotopic (exact) mass is 221 g/mol. The molecule has 0 unspecified atom stereocenters. The lowest BCUT2D eigenvalue weighted by atomic mass is 10.1. The second-order valence-corrected chi connectivity index (χ2v) is 4.72. The van der Waals surface area contributed by atoms with Crippen LogP contribution in [0.1, 0.15) is 25.0 Å². The van der Waals surface area contributed by atoms with Gasteiger partial charge in [-0.1, -0.05) is 31.5 Å². The Hall–Kier alpha value is -1.02. The first-order valence-corrected chi connectivity index (χ1v) is 6.00. The summed E-state index contributed by atoms with van der Waals surface area (Å²) in [6.45, 7) is 11.3. The van der Waals surface area contributed by atoms with E-state index in [-0.39, 0.29) is 0 Å². The molecule has 0 radical (unpaired) electrons. The molecule has 1 N–H and O–H groups in total. The zero-order chi connectivity index (χ0) is 12.0. The Morgan fingerprint density at radius 2 is 2.00 bits per heavy atom. The van der Waals surface area contributed by atoms with Crippen LogP contribution in [0.5, 0.6) is 5.75 Å². The van der Waals surface area contributed by atoms with Gasteiger partial charge in [0.1, 0.15) is 12.4 Å². The Balaban J connectivity index is 2.27. The van der Waals surface area contributed by atoms with Crippen molar-refractivity contribution < 1.29 is 4.74 Å². The average Bonchev–Trinajstić information content (AvgIpc) is 2.20. The fourth-order valence-electron chi connectivity index (χ4n) is 1.59. The Kier molecular flexibility index (Phi) is 5.33. The fourth-order valence-corrected chi connectivity index (χ4v) is 1.59. The van der Waals surface area contributed by atoms with Gasteiger partial charge < -0.3 is 10.1 Å². The molecule has 0 aliphatic rings. The number of ether oxygens (including phenoxy) is 1. The second-order valence-electron chi connectivity index (χ2n) is 4.72. The summed E-state index contributed by atoms with van der Waals surface area (Å²) in [6, 6.07) is 6.29. The predicted octanol–water partition coefficient (Wildman–Crippen LogP) is 2.93. The molecule has 2 nitrogen and oxygen atoms in total. The molecule has 90 valence electrons. The van der Waals surface area contributed by atoms with Gasteiger partial charge in [0.15, 0.2) is 0 Å². The molecule has 0 bridgehead atoms. The highest BCUT2D eigenvalue weighted by atomic mass is 16.5. The van der Waals surface area contributed by atoms with Crippen LogP contribution in [0.15, 0.2) is 18.2 Å². The van der Waals surface area contributed by atoms with Crippen LogP contribution in [0, 0.1) is 19.8 Å². The van der Waals surface area contributed by atoms with Crippen molar-refractivity contribution in [3.05, 3.63) is 29.3 Å². The summed E-state index contributed by atoms with van der Waals surface area (Å²) in [7, 11) is 0. The van der Waals surface area contributed by atoms with Gasteiger partial charge in [0.2, 0.25) is 0 Å². The number of benzene rings is 1. The van der Waals surface area contributed by atoms with Crippen molar-refractivity contribution in [2.45, 2.75) is 27.7 Å². The molecule has 0 aliphatic carbocycles. The normalized spacial score (nSPS) is 10.8.